The van der Waals surface area contributed by atoms with Gasteiger partial charge in [0, 0.05) is 41.5 Å². The molecule has 3 N–H and O–H groups in total. The summed E-state index contributed by atoms with van der Waals surface area (Å²) in [5.74, 6) is 0.600. The molecule has 162 valence electrons. The van der Waals surface area contributed by atoms with Gasteiger partial charge in [-0.1, -0.05) is 18.2 Å². The molecule has 7 nitrogen and oxygen atoms in total. The van der Waals surface area contributed by atoms with Crippen LogP contribution >= 0.6 is 0 Å². The number of para-hydroxylation sites is 1. The molecule has 3 aromatic rings. The zero-order chi connectivity index (χ0) is 22.0. The third kappa shape index (κ3) is 4.23. The Morgan fingerprint density at radius 2 is 1.31 bits per heavy atom. The number of amides is 3. The molecule has 0 aromatic heterocycles. The van der Waals surface area contributed by atoms with Gasteiger partial charge in [-0.15, -0.1) is 0 Å². The van der Waals surface area contributed by atoms with Crippen LogP contribution in [-0.4, -0.2) is 17.7 Å². The second-order valence-electron chi connectivity index (χ2n) is 7.96. The van der Waals surface area contributed by atoms with Gasteiger partial charge in [0.2, 0.25) is 0 Å². The fourth-order valence-electron chi connectivity index (χ4n) is 4.01. The Bertz CT molecular complexity index is 1140. The average Bonchev–Trinajstić information content (AvgIpc) is 3.40. The average molecular weight is 429 g/mol. The zero-order valence-electron chi connectivity index (χ0n) is 17.4. The number of carbonyl (C=O) groups excluding carboxylic acids is 2. The lowest BCUT2D eigenvalue weighted by Gasteiger charge is -2.21. The Kier molecular flexibility index (Phi) is 5.15. The van der Waals surface area contributed by atoms with Crippen LogP contribution in [0.25, 0.3) is 0 Å². The van der Waals surface area contributed by atoms with Crippen LogP contribution < -0.4 is 25.4 Å². The number of rotatable bonds is 4. The van der Waals surface area contributed by atoms with E-state index in [1.54, 1.807) is 48.5 Å². The van der Waals surface area contributed by atoms with Gasteiger partial charge in [-0.2, -0.15) is 0 Å². The first-order valence-corrected chi connectivity index (χ1v) is 10.7. The number of anilines is 3. The summed E-state index contributed by atoms with van der Waals surface area (Å²) in [6.07, 6.45) is 3.95. The van der Waals surface area contributed by atoms with Gasteiger partial charge in [0.15, 0.2) is 11.5 Å². The van der Waals surface area contributed by atoms with Crippen molar-refractivity contribution in [2.75, 3.05) is 16.0 Å². The summed E-state index contributed by atoms with van der Waals surface area (Å²) in [6.45, 7) is 0. The Morgan fingerprint density at radius 1 is 0.688 bits per heavy atom. The Labute approximate surface area is 185 Å². The first-order valence-electron chi connectivity index (χ1n) is 10.7. The van der Waals surface area contributed by atoms with Crippen LogP contribution in [0.2, 0.25) is 0 Å². The maximum atomic E-state index is 12.7. The fraction of sp³-hybridized carbons (Fsp3) is 0.200. The largest absolute Gasteiger partial charge is 0.448 e. The van der Waals surface area contributed by atoms with Crippen LogP contribution in [0.4, 0.5) is 21.9 Å². The molecule has 32 heavy (non-hydrogen) atoms. The number of hydrogen-bond donors (Lipinski definition) is 3. The molecule has 1 heterocycles. The molecular weight excluding hydrogens is 406 g/mol. The smallest absolute Gasteiger partial charge is 0.323 e. The minimum Gasteiger partial charge on any atom is -0.448 e. The second kappa shape index (κ2) is 8.26. The van der Waals surface area contributed by atoms with Gasteiger partial charge in [0.05, 0.1) is 0 Å². The summed E-state index contributed by atoms with van der Waals surface area (Å²) in [5.41, 5.74) is 2.39. The van der Waals surface area contributed by atoms with Crippen molar-refractivity contribution in [1.29, 1.82) is 0 Å². The predicted molar refractivity (Wildman–Crippen MR) is 122 cm³/mol. The first kappa shape index (κ1) is 19.9. The van der Waals surface area contributed by atoms with Crippen molar-refractivity contribution in [3.05, 3.63) is 78.4 Å². The van der Waals surface area contributed by atoms with Gasteiger partial charge >= 0.3 is 6.03 Å². The lowest BCUT2D eigenvalue weighted by atomic mass is 10.2. The van der Waals surface area contributed by atoms with E-state index >= 15 is 0 Å². The van der Waals surface area contributed by atoms with Crippen molar-refractivity contribution in [1.82, 2.24) is 0 Å². The molecule has 1 fully saturated rings. The van der Waals surface area contributed by atoms with Gasteiger partial charge in [0.1, 0.15) is 0 Å². The van der Waals surface area contributed by atoms with Gasteiger partial charge in [0.25, 0.3) is 11.7 Å². The van der Waals surface area contributed by atoms with Crippen LogP contribution in [0.5, 0.6) is 11.5 Å². The van der Waals surface area contributed by atoms with Crippen molar-refractivity contribution < 1.29 is 19.1 Å². The Morgan fingerprint density at radius 3 is 2.03 bits per heavy atom. The number of urea groups is 1. The summed E-state index contributed by atoms with van der Waals surface area (Å²) < 4.78 is 12.1. The molecule has 1 aliphatic heterocycles. The number of benzene rings is 3. The van der Waals surface area contributed by atoms with Crippen LogP contribution in [0.1, 0.15) is 36.0 Å². The van der Waals surface area contributed by atoms with E-state index in [0.717, 1.165) is 25.7 Å². The molecule has 5 rings (SSSR count). The van der Waals surface area contributed by atoms with E-state index < -0.39 is 5.79 Å². The van der Waals surface area contributed by atoms with Gasteiger partial charge in [-0.25, -0.2) is 4.79 Å². The molecule has 0 bridgehead atoms. The fourth-order valence-corrected chi connectivity index (χ4v) is 4.01. The van der Waals surface area contributed by atoms with Crippen molar-refractivity contribution >= 4 is 29.0 Å². The maximum absolute atomic E-state index is 12.7. The summed E-state index contributed by atoms with van der Waals surface area (Å²) >= 11 is 0. The van der Waals surface area contributed by atoms with E-state index in [0.29, 0.717) is 34.1 Å². The van der Waals surface area contributed by atoms with E-state index in [1.807, 2.05) is 24.3 Å². The minimum absolute atomic E-state index is 0.250. The topological polar surface area (TPSA) is 88.7 Å². The third-order valence-electron chi connectivity index (χ3n) is 5.60. The van der Waals surface area contributed by atoms with Gasteiger partial charge in [-0.05, 0) is 61.4 Å². The van der Waals surface area contributed by atoms with Gasteiger partial charge < -0.3 is 25.4 Å². The molecule has 2 aliphatic rings. The summed E-state index contributed by atoms with van der Waals surface area (Å²) in [5, 5.41) is 8.38. The molecule has 7 heteroatoms. The molecule has 0 atom stereocenters. The standard InChI is InChI=1S/C25H23N3O4/c29-23(26-20-12-13-21-22(16-20)32-25(31-21)14-4-5-15-25)17-8-10-19(11-9-17)28-24(30)27-18-6-2-1-3-7-18/h1-3,6-13,16H,4-5,14-15H2,(H,26,29)(H2,27,28,30). The van der Waals surface area contributed by atoms with Crippen molar-refractivity contribution in [2.24, 2.45) is 0 Å². The molecule has 0 saturated heterocycles. The summed E-state index contributed by atoms with van der Waals surface area (Å²) in [7, 11) is 0. The molecular formula is C25H23N3O4. The number of fused-ring (bicyclic) bond motifs is 1. The molecule has 3 aromatic carbocycles. The normalized spacial score (nSPS) is 15.4. The Balaban J connectivity index is 1.19. The van der Waals surface area contributed by atoms with E-state index in [-0.39, 0.29) is 11.9 Å². The maximum Gasteiger partial charge on any atom is 0.323 e. The van der Waals surface area contributed by atoms with Crippen LogP contribution in [0.15, 0.2) is 72.8 Å². The highest BCUT2D eigenvalue weighted by Crippen LogP contribution is 2.47. The van der Waals surface area contributed by atoms with E-state index in [2.05, 4.69) is 16.0 Å². The van der Waals surface area contributed by atoms with E-state index in [4.69, 9.17) is 9.47 Å². The second-order valence-corrected chi connectivity index (χ2v) is 7.96. The third-order valence-corrected chi connectivity index (χ3v) is 5.60. The number of carbonyl (C=O) groups is 2. The SMILES string of the molecule is O=C(Nc1ccccc1)Nc1ccc(C(=O)Nc2ccc3c(c2)OC2(CCCC2)O3)cc1. The number of hydrogen-bond acceptors (Lipinski definition) is 4. The van der Waals surface area contributed by atoms with Crippen molar-refractivity contribution in [3.63, 3.8) is 0 Å². The minimum atomic E-state index is -0.527. The van der Waals surface area contributed by atoms with Crippen molar-refractivity contribution in [2.45, 2.75) is 31.5 Å². The Hall–Kier alpha value is -4.00. The predicted octanol–water partition coefficient (Wildman–Crippen LogP) is 5.62. The summed E-state index contributed by atoms with van der Waals surface area (Å²) in [4.78, 5) is 24.8. The van der Waals surface area contributed by atoms with Crippen molar-refractivity contribution in [3.8, 4) is 11.5 Å². The molecule has 1 aliphatic carbocycles. The number of ether oxygens (including phenoxy) is 2. The highest BCUT2D eigenvalue weighted by Gasteiger charge is 2.44. The van der Waals surface area contributed by atoms with E-state index in [1.165, 1.54) is 0 Å². The van der Waals surface area contributed by atoms with Crippen LogP contribution in [-0.2, 0) is 0 Å². The summed E-state index contributed by atoms with van der Waals surface area (Å²) in [6, 6.07) is 20.9. The van der Waals surface area contributed by atoms with Gasteiger partial charge in [-0.3, -0.25) is 4.79 Å². The highest BCUT2D eigenvalue weighted by molar-refractivity contribution is 6.05. The molecule has 0 radical (unpaired) electrons. The lowest BCUT2D eigenvalue weighted by molar-refractivity contribution is -0.0716. The molecule has 1 saturated carbocycles. The van der Waals surface area contributed by atoms with E-state index in [9.17, 15) is 9.59 Å². The van der Waals surface area contributed by atoms with Crippen LogP contribution in [0.3, 0.4) is 0 Å². The highest BCUT2D eigenvalue weighted by atomic mass is 16.7. The molecule has 0 unspecified atom stereocenters. The quantitative estimate of drug-likeness (QED) is 0.502. The lowest BCUT2D eigenvalue weighted by Crippen LogP contribution is -2.34. The zero-order valence-corrected chi connectivity index (χ0v) is 17.4. The molecule has 1 spiro atoms. The van der Waals surface area contributed by atoms with Crippen LogP contribution in [0, 0.1) is 0 Å². The monoisotopic (exact) mass is 429 g/mol. The number of nitrogens with one attached hydrogen (secondary N) is 3. The molecule has 3 amide bonds. The first-order chi connectivity index (χ1) is 15.6.